The quantitative estimate of drug-likeness (QED) is 0.819. The molecule has 1 rings (SSSR count). The summed E-state index contributed by atoms with van der Waals surface area (Å²) in [5.74, 6) is 1.02. The summed E-state index contributed by atoms with van der Waals surface area (Å²) in [6, 6.07) is 4.52. The van der Waals surface area contributed by atoms with Gasteiger partial charge in [-0.25, -0.2) is 4.79 Å². The molecule has 0 aliphatic carbocycles. The highest BCUT2D eigenvalue weighted by molar-refractivity contribution is 5.96. The summed E-state index contributed by atoms with van der Waals surface area (Å²) in [7, 11) is 6.43. The molecule has 0 aromatic heterocycles. The summed E-state index contributed by atoms with van der Waals surface area (Å²) < 4.78 is 10.5. The molecular formula is C15H23N3O4. The molecule has 0 saturated carbocycles. The van der Waals surface area contributed by atoms with Crippen LogP contribution in [0.2, 0.25) is 0 Å². The highest BCUT2D eigenvalue weighted by Crippen LogP contribution is 2.25. The normalized spacial score (nSPS) is 11.7. The minimum atomic E-state index is -0.521. The molecule has 0 saturated heterocycles. The molecule has 2 N–H and O–H groups in total. The zero-order chi connectivity index (χ0) is 16.7. The Labute approximate surface area is 130 Å². The molecule has 0 aliphatic rings. The molecule has 1 atom stereocenters. The number of rotatable bonds is 6. The van der Waals surface area contributed by atoms with Crippen LogP contribution in [0.25, 0.3) is 0 Å². The Balaban J connectivity index is 2.77. The van der Waals surface area contributed by atoms with Crippen LogP contribution in [0.4, 0.5) is 4.79 Å². The number of methoxy groups -OCH3 is 2. The van der Waals surface area contributed by atoms with Crippen molar-refractivity contribution in [1.82, 2.24) is 15.5 Å². The van der Waals surface area contributed by atoms with Crippen LogP contribution in [-0.2, 0) is 11.3 Å². The molecule has 0 aliphatic heterocycles. The third-order valence-corrected chi connectivity index (χ3v) is 3.42. The highest BCUT2D eigenvalue weighted by atomic mass is 16.5. The zero-order valence-electron chi connectivity index (χ0n) is 13.6. The number of urea groups is 1. The first-order valence-corrected chi connectivity index (χ1v) is 6.86. The van der Waals surface area contributed by atoms with Gasteiger partial charge in [0.25, 0.3) is 0 Å². The second kappa shape index (κ2) is 8.23. The fourth-order valence-electron chi connectivity index (χ4n) is 1.87. The smallest absolute Gasteiger partial charge is 0.321 e. The molecule has 7 nitrogen and oxygen atoms in total. The average molecular weight is 309 g/mol. The number of benzene rings is 1. The lowest BCUT2D eigenvalue weighted by Crippen LogP contribution is -2.47. The first-order valence-electron chi connectivity index (χ1n) is 6.86. The van der Waals surface area contributed by atoms with Crippen LogP contribution in [0.5, 0.6) is 11.5 Å². The number of carbonyl (C=O) groups is 2. The maximum absolute atomic E-state index is 11.9. The van der Waals surface area contributed by atoms with E-state index in [0.717, 1.165) is 5.56 Å². The van der Waals surface area contributed by atoms with Gasteiger partial charge >= 0.3 is 6.03 Å². The Kier molecular flexibility index (Phi) is 6.65. The van der Waals surface area contributed by atoms with Gasteiger partial charge in [-0.15, -0.1) is 0 Å². The van der Waals surface area contributed by atoms with Crippen LogP contribution in [0, 0.1) is 0 Å². The van der Waals surface area contributed by atoms with Gasteiger partial charge in [0.05, 0.1) is 20.3 Å². The van der Waals surface area contributed by atoms with Crippen molar-refractivity contribution < 1.29 is 19.1 Å². The Hall–Kier alpha value is -2.28. The number of hydrogen-bond donors (Lipinski definition) is 2. The molecule has 0 heterocycles. The van der Waals surface area contributed by atoms with Crippen molar-refractivity contribution in [3.05, 3.63) is 23.8 Å². The first kappa shape index (κ1) is 17.8. The molecule has 0 fully saturated rings. The number of nitrogens with one attached hydrogen (secondary N) is 2. The lowest BCUT2D eigenvalue weighted by molar-refractivity contribution is -0.124. The van der Waals surface area contributed by atoms with Crippen molar-refractivity contribution in [1.29, 1.82) is 0 Å². The van der Waals surface area contributed by atoms with Crippen molar-refractivity contribution in [2.45, 2.75) is 19.5 Å². The molecule has 7 heteroatoms. The highest BCUT2D eigenvalue weighted by Gasteiger charge is 2.20. The molecule has 0 unspecified atom stereocenters. The third-order valence-electron chi connectivity index (χ3n) is 3.42. The zero-order valence-corrected chi connectivity index (χ0v) is 13.6. The summed E-state index contributed by atoms with van der Waals surface area (Å²) in [6.07, 6.45) is 0. The molecule has 0 spiro atoms. The van der Waals surface area contributed by atoms with Crippen molar-refractivity contribution in [2.75, 3.05) is 28.3 Å². The van der Waals surface area contributed by atoms with E-state index in [1.54, 1.807) is 34.3 Å². The summed E-state index contributed by atoms with van der Waals surface area (Å²) in [5, 5.41) is 4.61. The largest absolute Gasteiger partial charge is 0.497 e. The number of imide groups is 1. The van der Waals surface area contributed by atoms with E-state index in [-0.39, 0.29) is 5.91 Å². The molecule has 1 aromatic carbocycles. The van der Waals surface area contributed by atoms with Gasteiger partial charge in [-0.2, -0.15) is 0 Å². The van der Waals surface area contributed by atoms with Crippen molar-refractivity contribution in [3.8, 4) is 11.5 Å². The molecule has 0 bridgehead atoms. The van der Waals surface area contributed by atoms with Gasteiger partial charge in [0, 0.05) is 25.2 Å². The Morgan fingerprint density at radius 2 is 1.95 bits per heavy atom. The third kappa shape index (κ3) is 4.63. The fourth-order valence-corrected chi connectivity index (χ4v) is 1.87. The van der Waals surface area contributed by atoms with Gasteiger partial charge in [-0.1, -0.05) is 6.07 Å². The minimum absolute atomic E-state index is 0.366. The van der Waals surface area contributed by atoms with Crippen molar-refractivity contribution >= 4 is 11.9 Å². The standard InChI is InChI=1S/C15H23N3O4/c1-10(14(19)17-15(20)16-2)18(3)9-11-6-7-12(21-4)8-13(11)22-5/h6-8,10H,9H2,1-5H3,(H2,16,17,19,20)/t10-/m1/s1. The monoisotopic (exact) mass is 309 g/mol. The van der Waals surface area contributed by atoms with Crippen molar-refractivity contribution in [3.63, 3.8) is 0 Å². The van der Waals surface area contributed by atoms with Crippen LogP contribution in [-0.4, -0.2) is 51.2 Å². The van der Waals surface area contributed by atoms with Gasteiger partial charge in [0.1, 0.15) is 11.5 Å². The Morgan fingerprint density at radius 3 is 2.50 bits per heavy atom. The molecule has 122 valence electrons. The van der Waals surface area contributed by atoms with Gasteiger partial charge in [0.15, 0.2) is 0 Å². The lowest BCUT2D eigenvalue weighted by Gasteiger charge is -2.24. The van der Waals surface area contributed by atoms with E-state index in [1.807, 2.05) is 17.0 Å². The second-order valence-electron chi connectivity index (χ2n) is 4.84. The molecular weight excluding hydrogens is 286 g/mol. The summed E-state index contributed by atoms with van der Waals surface area (Å²) in [6.45, 7) is 2.23. The van der Waals surface area contributed by atoms with E-state index in [1.165, 1.54) is 7.05 Å². The van der Waals surface area contributed by atoms with Gasteiger partial charge in [0.2, 0.25) is 5.91 Å². The number of carbonyl (C=O) groups excluding carboxylic acids is 2. The van der Waals surface area contributed by atoms with Gasteiger partial charge in [-0.3, -0.25) is 15.0 Å². The maximum Gasteiger partial charge on any atom is 0.321 e. The van der Waals surface area contributed by atoms with Crippen LogP contribution in [0.15, 0.2) is 18.2 Å². The van der Waals surface area contributed by atoms with Gasteiger partial charge < -0.3 is 14.8 Å². The summed E-state index contributed by atoms with van der Waals surface area (Å²) >= 11 is 0. The first-order chi connectivity index (χ1) is 10.4. The van der Waals surface area contributed by atoms with Crippen molar-refractivity contribution in [2.24, 2.45) is 0 Å². The number of ether oxygens (including phenoxy) is 2. The van der Waals surface area contributed by atoms with E-state index < -0.39 is 12.1 Å². The average Bonchev–Trinajstić information content (AvgIpc) is 2.53. The molecule has 3 amide bonds. The minimum Gasteiger partial charge on any atom is -0.497 e. The van der Waals surface area contributed by atoms with Crippen LogP contribution in [0.1, 0.15) is 12.5 Å². The second-order valence-corrected chi connectivity index (χ2v) is 4.84. The topological polar surface area (TPSA) is 79.9 Å². The van der Waals surface area contributed by atoms with E-state index in [2.05, 4.69) is 10.6 Å². The Morgan fingerprint density at radius 1 is 1.27 bits per heavy atom. The molecule has 0 radical (unpaired) electrons. The van der Waals surface area contributed by atoms with Crippen LogP contribution < -0.4 is 20.1 Å². The van der Waals surface area contributed by atoms with Crippen LogP contribution >= 0.6 is 0 Å². The van der Waals surface area contributed by atoms with E-state index in [9.17, 15) is 9.59 Å². The SMILES string of the molecule is CNC(=O)NC(=O)[C@@H](C)N(C)Cc1ccc(OC)cc1OC. The van der Waals surface area contributed by atoms with E-state index in [0.29, 0.717) is 18.0 Å². The maximum atomic E-state index is 11.9. The molecule has 22 heavy (non-hydrogen) atoms. The molecule has 1 aromatic rings. The summed E-state index contributed by atoms with van der Waals surface area (Å²) in [5.41, 5.74) is 0.922. The summed E-state index contributed by atoms with van der Waals surface area (Å²) in [4.78, 5) is 24.9. The number of hydrogen-bond acceptors (Lipinski definition) is 5. The fraction of sp³-hybridized carbons (Fsp3) is 0.467. The Bertz CT molecular complexity index is 534. The van der Waals surface area contributed by atoms with E-state index in [4.69, 9.17) is 9.47 Å². The van der Waals surface area contributed by atoms with Crippen LogP contribution in [0.3, 0.4) is 0 Å². The van der Waals surface area contributed by atoms with Gasteiger partial charge in [-0.05, 0) is 20.0 Å². The predicted octanol–water partition coefficient (Wildman–Crippen LogP) is 0.980. The number of amides is 3. The number of likely N-dealkylation sites (N-methyl/N-ethyl adjacent to an activating group) is 1. The number of nitrogens with zero attached hydrogens (tertiary/aromatic N) is 1. The van der Waals surface area contributed by atoms with E-state index >= 15 is 0 Å². The lowest BCUT2D eigenvalue weighted by atomic mass is 10.1. The predicted molar refractivity (Wildman–Crippen MR) is 83.1 cm³/mol.